The lowest BCUT2D eigenvalue weighted by atomic mass is 9.93. The van der Waals surface area contributed by atoms with E-state index in [0.29, 0.717) is 36.9 Å². The van der Waals surface area contributed by atoms with Crippen molar-refractivity contribution in [3.63, 3.8) is 0 Å². The average Bonchev–Trinajstić information content (AvgIpc) is 3.24. The molecule has 0 spiro atoms. The van der Waals surface area contributed by atoms with Gasteiger partial charge >= 0.3 is 5.97 Å². The minimum Gasteiger partial charge on any atom is -0.490 e. The molecule has 0 radical (unpaired) electrons. The zero-order chi connectivity index (χ0) is 27.5. The zero-order valence-corrected chi connectivity index (χ0v) is 23.3. The molecule has 0 saturated carbocycles. The Balaban J connectivity index is 1.81. The molecule has 39 heavy (non-hydrogen) atoms. The second-order valence-electron chi connectivity index (χ2n) is 9.19. The molecule has 3 aromatic carbocycles. The van der Waals surface area contributed by atoms with Crippen molar-refractivity contribution in [2.45, 2.75) is 32.9 Å². The second-order valence-corrected chi connectivity index (χ2v) is 10.6. The summed E-state index contributed by atoms with van der Waals surface area (Å²) >= 11 is 7.56. The van der Waals surface area contributed by atoms with E-state index in [2.05, 4.69) is 0 Å². The summed E-state index contributed by atoms with van der Waals surface area (Å²) in [5.41, 5.74) is 2.77. The number of rotatable bonds is 7. The number of halogens is 1. The number of thiazole rings is 1. The molecule has 8 heteroatoms. The summed E-state index contributed by atoms with van der Waals surface area (Å²) in [6.45, 7) is 5.83. The maximum absolute atomic E-state index is 14.0. The van der Waals surface area contributed by atoms with E-state index in [0.717, 1.165) is 11.1 Å². The largest absolute Gasteiger partial charge is 0.490 e. The fraction of sp³-hybridized carbons (Fsp3) is 0.194. The van der Waals surface area contributed by atoms with Gasteiger partial charge in [0.1, 0.15) is 5.75 Å². The molecular formula is C31H27ClN2O4S. The number of hydrogen-bond acceptors (Lipinski definition) is 6. The Morgan fingerprint density at radius 2 is 1.77 bits per heavy atom. The van der Waals surface area contributed by atoms with Crippen molar-refractivity contribution in [1.29, 1.82) is 0 Å². The molecule has 0 amide bonds. The minimum atomic E-state index is -0.718. The van der Waals surface area contributed by atoms with Gasteiger partial charge in [0.15, 0.2) is 4.80 Å². The molecule has 0 fully saturated rings. The first-order valence-corrected chi connectivity index (χ1v) is 13.9. The SMILES string of the molecule is CCOC(=O)C1=C(c2ccccc2)N=c2s/c(=C\c3cc(Cl)ccc3OC(C)C)c(=O)n2[C@H]1c1ccccc1. The summed E-state index contributed by atoms with van der Waals surface area (Å²) in [6.07, 6.45) is 1.71. The number of fused-ring (bicyclic) bond motifs is 1. The normalized spacial score (nSPS) is 15.2. The van der Waals surface area contributed by atoms with Crippen LogP contribution in [0.1, 0.15) is 43.5 Å². The lowest BCUT2D eigenvalue weighted by molar-refractivity contribution is -0.138. The quantitative estimate of drug-likeness (QED) is 0.286. The van der Waals surface area contributed by atoms with Crippen LogP contribution in [0, 0.1) is 0 Å². The molecule has 5 rings (SSSR count). The third-order valence-corrected chi connectivity index (χ3v) is 7.33. The molecule has 0 aliphatic carbocycles. The maximum atomic E-state index is 14.0. The van der Waals surface area contributed by atoms with E-state index in [1.807, 2.05) is 74.5 Å². The van der Waals surface area contributed by atoms with E-state index in [9.17, 15) is 9.59 Å². The van der Waals surface area contributed by atoms with Gasteiger partial charge in [0, 0.05) is 16.1 Å². The van der Waals surface area contributed by atoms with Crippen LogP contribution in [0.3, 0.4) is 0 Å². The van der Waals surface area contributed by atoms with Crippen molar-refractivity contribution in [2.75, 3.05) is 6.61 Å². The first-order chi connectivity index (χ1) is 18.9. The Hall–Kier alpha value is -3.94. The Bertz CT molecular complexity index is 1720. The number of hydrogen-bond donors (Lipinski definition) is 0. The van der Waals surface area contributed by atoms with Crippen molar-refractivity contribution in [3.8, 4) is 5.75 Å². The van der Waals surface area contributed by atoms with Crippen LogP contribution in [-0.4, -0.2) is 23.2 Å². The first-order valence-electron chi connectivity index (χ1n) is 12.7. The Kier molecular flexibility index (Phi) is 7.82. The molecule has 198 valence electrons. The number of benzene rings is 3. The van der Waals surface area contributed by atoms with E-state index < -0.39 is 12.0 Å². The molecule has 0 saturated heterocycles. The lowest BCUT2D eigenvalue weighted by Crippen LogP contribution is -2.40. The number of aromatic nitrogens is 1. The van der Waals surface area contributed by atoms with Gasteiger partial charge < -0.3 is 9.47 Å². The van der Waals surface area contributed by atoms with Crippen molar-refractivity contribution in [1.82, 2.24) is 4.57 Å². The van der Waals surface area contributed by atoms with Crippen molar-refractivity contribution in [2.24, 2.45) is 4.99 Å². The van der Waals surface area contributed by atoms with Gasteiger partial charge in [-0.3, -0.25) is 9.36 Å². The van der Waals surface area contributed by atoms with Crippen LogP contribution in [0.4, 0.5) is 0 Å². The molecule has 2 heterocycles. The van der Waals surface area contributed by atoms with Crippen molar-refractivity contribution in [3.05, 3.63) is 126 Å². The van der Waals surface area contributed by atoms with Crippen LogP contribution in [0.5, 0.6) is 5.75 Å². The van der Waals surface area contributed by atoms with Gasteiger partial charge in [-0.25, -0.2) is 9.79 Å². The Morgan fingerprint density at radius 1 is 1.08 bits per heavy atom. The molecule has 1 aliphatic rings. The maximum Gasteiger partial charge on any atom is 0.338 e. The number of esters is 1. The van der Waals surface area contributed by atoms with Crippen molar-refractivity contribution < 1.29 is 14.3 Å². The van der Waals surface area contributed by atoms with Gasteiger partial charge in [-0.15, -0.1) is 0 Å². The topological polar surface area (TPSA) is 69.9 Å². The lowest BCUT2D eigenvalue weighted by Gasteiger charge is -2.25. The number of carbonyl (C=O) groups is 1. The molecule has 4 aromatic rings. The van der Waals surface area contributed by atoms with Crippen LogP contribution in [0.15, 0.2) is 94.2 Å². The van der Waals surface area contributed by atoms with Gasteiger partial charge in [-0.05, 0) is 50.6 Å². The molecule has 0 N–H and O–H groups in total. The van der Waals surface area contributed by atoms with Gasteiger partial charge in [-0.2, -0.15) is 0 Å². The molecule has 6 nitrogen and oxygen atoms in total. The second kappa shape index (κ2) is 11.4. The average molecular weight is 559 g/mol. The highest BCUT2D eigenvalue weighted by molar-refractivity contribution is 7.07. The molecule has 1 aromatic heterocycles. The number of carbonyl (C=O) groups excluding carboxylic acids is 1. The Labute approximate surface area is 235 Å². The smallest absolute Gasteiger partial charge is 0.338 e. The molecule has 0 bridgehead atoms. The van der Waals surface area contributed by atoms with Gasteiger partial charge in [0.2, 0.25) is 0 Å². The van der Waals surface area contributed by atoms with E-state index in [1.165, 1.54) is 11.3 Å². The number of nitrogens with zero attached hydrogens (tertiary/aromatic N) is 2. The van der Waals surface area contributed by atoms with Crippen LogP contribution in [0.25, 0.3) is 11.8 Å². The highest BCUT2D eigenvalue weighted by Crippen LogP contribution is 2.35. The summed E-state index contributed by atoms with van der Waals surface area (Å²) in [5.74, 6) is 0.114. The molecule has 1 aliphatic heterocycles. The standard InChI is InChI=1S/C31H27ClN2O4S/c1-4-37-30(36)26-27(20-11-7-5-8-12-20)33-31-34(28(26)21-13-9-6-10-14-21)29(35)25(39-31)18-22-17-23(32)15-16-24(22)38-19(2)3/h5-19,28H,4H2,1-3H3/b25-18-/t28-/m0/s1. The summed E-state index contributed by atoms with van der Waals surface area (Å²) in [5, 5.41) is 0.531. The van der Waals surface area contributed by atoms with Crippen LogP contribution in [0.2, 0.25) is 5.02 Å². The highest BCUT2D eigenvalue weighted by Gasteiger charge is 2.35. The first kappa shape index (κ1) is 26.7. The Morgan fingerprint density at radius 3 is 2.44 bits per heavy atom. The predicted octanol–water partition coefficient (Wildman–Crippen LogP) is 5.38. The zero-order valence-electron chi connectivity index (χ0n) is 21.8. The monoisotopic (exact) mass is 558 g/mol. The predicted molar refractivity (Wildman–Crippen MR) is 155 cm³/mol. The van der Waals surface area contributed by atoms with E-state index in [-0.39, 0.29) is 18.3 Å². The third kappa shape index (κ3) is 5.46. The van der Waals surface area contributed by atoms with E-state index in [4.69, 9.17) is 26.1 Å². The van der Waals surface area contributed by atoms with Crippen LogP contribution in [-0.2, 0) is 9.53 Å². The van der Waals surface area contributed by atoms with Gasteiger partial charge in [-0.1, -0.05) is 83.6 Å². The fourth-order valence-electron chi connectivity index (χ4n) is 4.53. The van der Waals surface area contributed by atoms with Crippen LogP contribution < -0.4 is 19.6 Å². The summed E-state index contributed by atoms with van der Waals surface area (Å²) in [7, 11) is 0. The van der Waals surface area contributed by atoms with E-state index in [1.54, 1.807) is 35.8 Å². The highest BCUT2D eigenvalue weighted by atomic mass is 35.5. The summed E-state index contributed by atoms with van der Waals surface area (Å²) in [4.78, 5) is 32.9. The van der Waals surface area contributed by atoms with Crippen LogP contribution >= 0.6 is 22.9 Å². The number of ether oxygens (including phenoxy) is 2. The fourth-order valence-corrected chi connectivity index (χ4v) is 5.70. The van der Waals surface area contributed by atoms with Crippen molar-refractivity contribution >= 4 is 40.7 Å². The third-order valence-electron chi connectivity index (χ3n) is 6.11. The summed E-state index contributed by atoms with van der Waals surface area (Å²) < 4.78 is 13.5. The molecule has 0 unspecified atom stereocenters. The molecule has 1 atom stereocenters. The van der Waals surface area contributed by atoms with Gasteiger partial charge in [0.05, 0.1) is 34.6 Å². The van der Waals surface area contributed by atoms with Gasteiger partial charge in [0.25, 0.3) is 5.56 Å². The summed E-state index contributed by atoms with van der Waals surface area (Å²) in [6, 6.07) is 23.6. The molecular weight excluding hydrogens is 532 g/mol. The van der Waals surface area contributed by atoms with E-state index >= 15 is 0 Å². The minimum absolute atomic E-state index is 0.0572.